The first kappa shape index (κ1) is 32.2. The van der Waals surface area contributed by atoms with Crippen molar-refractivity contribution in [3.8, 4) is 17.2 Å². The van der Waals surface area contributed by atoms with E-state index in [0.29, 0.717) is 17.2 Å². The van der Waals surface area contributed by atoms with Crippen LogP contribution in [0.2, 0.25) is 0 Å². The molecule has 3 rings (SSSR count). The number of ether oxygens (including phenoxy) is 5. The second-order valence-corrected chi connectivity index (χ2v) is 9.30. The van der Waals surface area contributed by atoms with Gasteiger partial charge in [0, 0.05) is 34.4 Å². The highest BCUT2D eigenvalue weighted by atomic mass is 16.6. The Bertz CT molecular complexity index is 1480. The van der Waals surface area contributed by atoms with Crippen molar-refractivity contribution in [1.82, 2.24) is 10.6 Å². The molecule has 11 nitrogen and oxygen atoms in total. The molecule has 0 saturated heterocycles. The van der Waals surface area contributed by atoms with E-state index in [-0.39, 0.29) is 61.3 Å². The molecule has 0 aromatic heterocycles. The van der Waals surface area contributed by atoms with E-state index in [1.807, 2.05) is 30.3 Å². The number of benzene rings is 3. The lowest BCUT2D eigenvalue weighted by Gasteiger charge is -2.17. The summed E-state index contributed by atoms with van der Waals surface area (Å²) in [6.45, 7) is 10.2. The maximum absolute atomic E-state index is 12.7. The number of carbonyl (C=O) groups excluding carboxylic acids is 4. The van der Waals surface area contributed by atoms with Crippen LogP contribution in [0.15, 0.2) is 85.0 Å². The van der Waals surface area contributed by atoms with Crippen LogP contribution in [0, 0.1) is 0 Å². The second-order valence-electron chi connectivity index (χ2n) is 9.30. The quantitative estimate of drug-likeness (QED) is 0.153. The molecular weight excluding hydrogens is 556 g/mol. The van der Waals surface area contributed by atoms with E-state index in [2.05, 4.69) is 23.8 Å². The lowest BCUT2D eigenvalue weighted by Crippen LogP contribution is -2.31. The van der Waals surface area contributed by atoms with Gasteiger partial charge in [-0.15, -0.1) is 0 Å². The Morgan fingerprint density at radius 1 is 0.674 bits per heavy atom. The third-order valence-electron chi connectivity index (χ3n) is 5.72. The molecule has 0 heterocycles. The molecular formula is C32H34N2O9. The monoisotopic (exact) mass is 590 g/mol. The maximum Gasteiger partial charge on any atom is 0.412 e. The maximum atomic E-state index is 12.7. The molecule has 43 heavy (non-hydrogen) atoms. The van der Waals surface area contributed by atoms with Gasteiger partial charge >= 0.3 is 24.1 Å². The Morgan fingerprint density at radius 2 is 1.21 bits per heavy atom. The third-order valence-corrected chi connectivity index (χ3v) is 5.72. The van der Waals surface area contributed by atoms with E-state index in [1.165, 1.54) is 19.9 Å². The average Bonchev–Trinajstić information content (AvgIpc) is 2.99. The molecule has 0 aliphatic rings. The molecule has 11 heteroatoms. The first-order chi connectivity index (χ1) is 20.7. The van der Waals surface area contributed by atoms with Gasteiger partial charge in [-0.3, -0.25) is 0 Å². The molecule has 3 aromatic rings. The minimum absolute atomic E-state index is 0.00300. The van der Waals surface area contributed by atoms with Crippen molar-refractivity contribution in [2.45, 2.75) is 20.3 Å². The highest BCUT2D eigenvalue weighted by molar-refractivity contribution is 5.98. The van der Waals surface area contributed by atoms with Crippen LogP contribution in [0.4, 0.5) is 9.59 Å². The van der Waals surface area contributed by atoms with Crippen molar-refractivity contribution >= 4 is 34.9 Å². The van der Waals surface area contributed by atoms with Gasteiger partial charge in [-0.1, -0.05) is 67.8 Å². The Labute approximate surface area is 249 Å². The lowest BCUT2D eigenvalue weighted by molar-refractivity contribution is -0.139. The normalized spacial score (nSPS) is 10.3. The van der Waals surface area contributed by atoms with Gasteiger partial charge in [-0.2, -0.15) is 0 Å². The van der Waals surface area contributed by atoms with E-state index < -0.39 is 24.1 Å². The summed E-state index contributed by atoms with van der Waals surface area (Å²) in [6.07, 6.45) is -1.03. The number of fused-ring (bicyclic) bond motifs is 1. The Kier molecular flexibility index (Phi) is 12.1. The molecule has 0 unspecified atom stereocenters. The lowest BCUT2D eigenvalue weighted by atomic mass is 10.1. The fourth-order valence-corrected chi connectivity index (χ4v) is 3.62. The first-order valence-electron chi connectivity index (χ1n) is 13.4. The van der Waals surface area contributed by atoms with Crippen LogP contribution in [-0.2, 0) is 25.5 Å². The number of rotatable bonds is 14. The first-order valence-corrected chi connectivity index (χ1v) is 13.4. The summed E-state index contributed by atoms with van der Waals surface area (Å²) in [5.41, 5.74) is 1.53. The average molecular weight is 591 g/mol. The van der Waals surface area contributed by atoms with Crippen molar-refractivity contribution in [2.75, 3.05) is 32.9 Å². The van der Waals surface area contributed by atoms with Crippen LogP contribution >= 0.6 is 0 Å². The molecule has 0 saturated carbocycles. The Hall–Kier alpha value is -5.32. The van der Waals surface area contributed by atoms with Crippen LogP contribution in [0.3, 0.4) is 0 Å². The molecule has 0 bridgehead atoms. The Morgan fingerprint density at radius 3 is 1.79 bits per heavy atom. The van der Waals surface area contributed by atoms with Crippen molar-refractivity contribution < 1.29 is 42.9 Å². The molecule has 2 N–H and O–H groups in total. The number of nitrogens with one attached hydrogen (secondary N) is 2. The number of hydrogen-bond donors (Lipinski definition) is 2. The molecule has 0 fully saturated rings. The van der Waals surface area contributed by atoms with Crippen LogP contribution in [0.25, 0.3) is 10.8 Å². The van der Waals surface area contributed by atoms with Crippen LogP contribution in [0.1, 0.15) is 19.4 Å². The number of hydrogen-bond acceptors (Lipinski definition) is 9. The summed E-state index contributed by atoms with van der Waals surface area (Å²) in [5, 5.41) is 5.97. The molecule has 0 aliphatic heterocycles. The molecule has 3 aromatic carbocycles. The van der Waals surface area contributed by atoms with Crippen molar-refractivity contribution in [2.24, 2.45) is 0 Å². The topological polar surface area (TPSA) is 138 Å². The van der Waals surface area contributed by atoms with Crippen molar-refractivity contribution in [1.29, 1.82) is 0 Å². The standard InChI is InChI=1S/C32H34N2O9/c1-21(2)29(35)40-18-15-33-31(37)42-26-20-27(39-17-14-23-10-6-5-7-11-23)28(25-13-9-8-12-24(25)26)43-32(38)34-16-19-41-30(36)22(3)4/h5-13,20H,1,3,14-19H2,2,4H3,(H,33,37)(H,34,38). The summed E-state index contributed by atoms with van der Waals surface area (Å²) in [7, 11) is 0. The summed E-state index contributed by atoms with van der Waals surface area (Å²) in [5.74, 6) is -0.703. The van der Waals surface area contributed by atoms with Crippen LogP contribution in [-0.4, -0.2) is 57.0 Å². The van der Waals surface area contributed by atoms with Crippen molar-refractivity contribution in [3.05, 3.63) is 90.5 Å². The van der Waals surface area contributed by atoms with Gasteiger partial charge in [-0.25, -0.2) is 19.2 Å². The zero-order valence-corrected chi connectivity index (χ0v) is 24.1. The summed E-state index contributed by atoms with van der Waals surface area (Å²) >= 11 is 0. The molecule has 2 amide bonds. The van der Waals surface area contributed by atoms with Crippen LogP contribution in [0.5, 0.6) is 17.2 Å². The minimum atomic E-state index is -0.805. The van der Waals surface area contributed by atoms with E-state index in [1.54, 1.807) is 24.3 Å². The zero-order chi connectivity index (χ0) is 31.2. The zero-order valence-electron chi connectivity index (χ0n) is 24.1. The fourth-order valence-electron chi connectivity index (χ4n) is 3.62. The SMILES string of the molecule is C=C(C)C(=O)OCCNC(=O)Oc1cc(OCCc2ccccc2)c(OC(=O)NCCOC(=O)C(=C)C)c2ccccc12. The third kappa shape index (κ3) is 10.2. The molecule has 0 spiro atoms. The highest BCUT2D eigenvalue weighted by Gasteiger charge is 2.20. The summed E-state index contributed by atoms with van der Waals surface area (Å²) in [6, 6.07) is 18.0. The smallest absolute Gasteiger partial charge is 0.412 e. The molecule has 226 valence electrons. The van der Waals surface area contributed by atoms with E-state index in [4.69, 9.17) is 23.7 Å². The number of amides is 2. The van der Waals surface area contributed by atoms with Gasteiger partial charge in [-0.05, 0) is 19.4 Å². The summed E-state index contributed by atoms with van der Waals surface area (Å²) < 4.78 is 27.2. The van der Waals surface area contributed by atoms with Gasteiger partial charge in [0.1, 0.15) is 19.0 Å². The predicted molar refractivity (Wildman–Crippen MR) is 159 cm³/mol. The van der Waals surface area contributed by atoms with Gasteiger partial charge in [0.15, 0.2) is 11.5 Å². The predicted octanol–water partition coefficient (Wildman–Crippen LogP) is 4.88. The summed E-state index contributed by atoms with van der Waals surface area (Å²) in [4.78, 5) is 48.4. The van der Waals surface area contributed by atoms with E-state index >= 15 is 0 Å². The largest absolute Gasteiger partial charge is 0.489 e. The van der Waals surface area contributed by atoms with Gasteiger partial charge in [0.05, 0.1) is 19.7 Å². The minimum Gasteiger partial charge on any atom is -0.489 e. The van der Waals surface area contributed by atoms with Gasteiger partial charge in [0.25, 0.3) is 0 Å². The van der Waals surface area contributed by atoms with E-state index in [0.717, 1.165) is 5.56 Å². The molecule has 0 radical (unpaired) electrons. The van der Waals surface area contributed by atoms with Gasteiger partial charge < -0.3 is 34.3 Å². The van der Waals surface area contributed by atoms with E-state index in [9.17, 15) is 19.2 Å². The van der Waals surface area contributed by atoms with Crippen molar-refractivity contribution in [3.63, 3.8) is 0 Å². The Balaban J connectivity index is 1.78. The van der Waals surface area contributed by atoms with Crippen LogP contribution < -0.4 is 24.8 Å². The second kappa shape index (κ2) is 16.2. The number of carbonyl (C=O) groups is 4. The van der Waals surface area contributed by atoms with Gasteiger partial charge in [0.2, 0.25) is 0 Å². The number of esters is 2. The highest BCUT2D eigenvalue weighted by Crippen LogP contribution is 2.42. The fraction of sp³-hybridized carbons (Fsp3) is 0.250. The molecule has 0 atom stereocenters. The molecule has 0 aliphatic carbocycles.